The zero-order valence-corrected chi connectivity index (χ0v) is 30.2. The van der Waals surface area contributed by atoms with Gasteiger partial charge in [-0.3, -0.25) is 4.57 Å². The largest absolute Gasteiger partial charge is 0.455 e. The maximum atomic E-state index is 6.61. The molecule has 56 heavy (non-hydrogen) atoms. The predicted octanol–water partition coefficient (Wildman–Crippen LogP) is 13.2. The highest BCUT2D eigenvalue weighted by Gasteiger charge is 2.20. The summed E-state index contributed by atoms with van der Waals surface area (Å²) < 4.78 is 8.77. The average Bonchev–Trinajstić information content (AvgIpc) is 3.83. The highest BCUT2D eigenvalue weighted by Crippen LogP contribution is 2.42. The van der Waals surface area contributed by atoms with E-state index in [2.05, 4.69) is 174 Å². The van der Waals surface area contributed by atoms with E-state index in [9.17, 15) is 0 Å². The van der Waals surface area contributed by atoms with Crippen LogP contribution in [0.25, 0.3) is 106 Å². The van der Waals surface area contributed by atoms with E-state index in [0.717, 1.165) is 88.3 Å². The van der Waals surface area contributed by atoms with Crippen LogP contribution in [-0.4, -0.2) is 19.5 Å². The molecule has 0 saturated heterocycles. The summed E-state index contributed by atoms with van der Waals surface area (Å²) in [5.74, 6) is 1.76. The van der Waals surface area contributed by atoms with Crippen LogP contribution in [0.4, 0.5) is 0 Å². The molecule has 262 valence electrons. The molecule has 0 radical (unpaired) electrons. The number of fused-ring (bicyclic) bond motifs is 6. The van der Waals surface area contributed by atoms with E-state index in [1.807, 2.05) is 24.3 Å². The highest BCUT2D eigenvalue weighted by atomic mass is 16.3. The lowest BCUT2D eigenvalue weighted by Gasteiger charge is -2.12. The standard InChI is InChI=1S/C51H32N4O/c1-3-14-33(15-4-1)34-26-28-36(29-27-34)49-52-50(54-51(53-49)55-44-23-10-7-20-41(44)42-21-8-11-24-45(42)55)38-19-13-18-37(32-38)39-30-31-40(35-16-5-2-6-17-35)48-47(39)43-22-9-12-25-46(43)56-48/h1-32H. The number of para-hydroxylation sites is 3. The van der Waals surface area contributed by atoms with Crippen LogP contribution in [0, 0.1) is 0 Å². The van der Waals surface area contributed by atoms with Gasteiger partial charge in [0.25, 0.3) is 0 Å². The van der Waals surface area contributed by atoms with E-state index in [1.54, 1.807) is 0 Å². The van der Waals surface area contributed by atoms with Crippen molar-refractivity contribution >= 4 is 43.7 Å². The number of hydrogen-bond acceptors (Lipinski definition) is 4. The summed E-state index contributed by atoms with van der Waals surface area (Å²) in [5.41, 5.74) is 12.2. The molecule has 3 heterocycles. The number of nitrogens with zero attached hydrogens (tertiary/aromatic N) is 4. The van der Waals surface area contributed by atoms with Gasteiger partial charge in [-0.2, -0.15) is 9.97 Å². The topological polar surface area (TPSA) is 56.7 Å². The first kappa shape index (κ1) is 31.9. The van der Waals surface area contributed by atoms with Gasteiger partial charge in [-0.05, 0) is 58.1 Å². The molecular formula is C51H32N4O. The molecule has 0 saturated carbocycles. The predicted molar refractivity (Wildman–Crippen MR) is 229 cm³/mol. The van der Waals surface area contributed by atoms with Crippen molar-refractivity contribution in [3.05, 3.63) is 194 Å². The first-order valence-electron chi connectivity index (χ1n) is 18.8. The average molecular weight is 717 g/mol. The third-order valence-corrected chi connectivity index (χ3v) is 10.7. The monoisotopic (exact) mass is 716 g/mol. The second-order valence-electron chi connectivity index (χ2n) is 14.0. The zero-order chi connectivity index (χ0) is 37.0. The second kappa shape index (κ2) is 13.0. The Morgan fingerprint density at radius 1 is 0.357 bits per heavy atom. The van der Waals surface area contributed by atoms with Crippen LogP contribution in [0.3, 0.4) is 0 Å². The van der Waals surface area contributed by atoms with Crippen LogP contribution in [0.15, 0.2) is 199 Å². The van der Waals surface area contributed by atoms with Crippen LogP contribution in [0.1, 0.15) is 0 Å². The van der Waals surface area contributed by atoms with Gasteiger partial charge in [-0.15, -0.1) is 0 Å². The fourth-order valence-electron chi connectivity index (χ4n) is 8.04. The Morgan fingerprint density at radius 3 is 1.59 bits per heavy atom. The first-order valence-corrected chi connectivity index (χ1v) is 18.8. The van der Waals surface area contributed by atoms with Gasteiger partial charge in [-0.25, -0.2) is 4.98 Å². The van der Waals surface area contributed by atoms with Crippen LogP contribution < -0.4 is 0 Å². The van der Waals surface area contributed by atoms with Crippen LogP contribution in [-0.2, 0) is 0 Å². The fraction of sp³-hybridized carbons (Fsp3) is 0. The molecular weight excluding hydrogens is 685 g/mol. The Kier molecular flexibility index (Phi) is 7.42. The van der Waals surface area contributed by atoms with Gasteiger partial charge in [0.1, 0.15) is 11.2 Å². The maximum absolute atomic E-state index is 6.61. The molecule has 5 heteroatoms. The summed E-state index contributed by atoms with van der Waals surface area (Å²) in [6, 6.07) is 67.3. The van der Waals surface area contributed by atoms with Crippen molar-refractivity contribution in [1.82, 2.24) is 19.5 Å². The van der Waals surface area contributed by atoms with Crippen LogP contribution in [0.5, 0.6) is 0 Å². The lowest BCUT2D eigenvalue weighted by atomic mass is 9.94. The molecule has 0 aliphatic carbocycles. The summed E-state index contributed by atoms with van der Waals surface area (Å²) in [6.07, 6.45) is 0. The van der Waals surface area contributed by atoms with E-state index < -0.39 is 0 Å². The summed E-state index contributed by atoms with van der Waals surface area (Å²) in [6.45, 7) is 0. The van der Waals surface area contributed by atoms with Gasteiger partial charge in [0.05, 0.1) is 11.0 Å². The lowest BCUT2D eigenvalue weighted by Crippen LogP contribution is -2.06. The quantitative estimate of drug-likeness (QED) is 0.172. The zero-order valence-electron chi connectivity index (χ0n) is 30.2. The van der Waals surface area contributed by atoms with Crippen molar-refractivity contribution < 1.29 is 4.42 Å². The third-order valence-electron chi connectivity index (χ3n) is 10.7. The van der Waals surface area contributed by atoms with Crippen molar-refractivity contribution in [2.24, 2.45) is 0 Å². The Morgan fingerprint density at radius 2 is 0.875 bits per heavy atom. The number of hydrogen-bond donors (Lipinski definition) is 0. The smallest absolute Gasteiger partial charge is 0.238 e. The minimum atomic E-state index is 0.565. The molecule has 0 atom stereocenters. The van der Waals surface area contributed by atoms with E-state index in [4.69, 9.17) is 19.4 Å². The molecule has 0 N–H and O–H groups in total. The molecule has 8 aromatic carbocycles. The second-order valence-corrected chi connectivity index (χ2v) is 14.0. The molecule has 11 aromatic rings. The Hall–Kier alpha value is -7.63. The lowest BCUT2D eigenvalue weighted by molar-refractivity contribution is 0.670. The van der Waals surface area contributed by atoms with E-state index >= 15 is 0 Å². The maximum Gasteiger partial charge on any atom is 0.238 e. The van der Waals surface area contributed by atoms with Gasteiger partial charge in [0, 0.05) is 38.2 Å². The number of aromatic nitrogens is 4. The number of benzene rings is 8. The molecule has 11 rings (SSSR count). The van der Waals surface area contributed by atoms with Crippen molar-refractivity contribution in [3.8, 4) is 62.1 Å². The minimum absolute atomic E-state index is 0.565. The summed E-state index contributed by atoms with van der Waals surface area (Å²) in [5, 5.41) is 4.46. The van der Waals surface area contributed by atoms with E-state index in [1.165, 1.54) is 0 Å². The molecule has 3 aromatic heterocycles. The SMILES string of the molecule is c1ccc(-c2ccc(-c3nc(-c4cccc(-c5ccc(-c6ccccc6)c6oc7ccccc7c56)c4)nc(-n4c5ccccc5c5ccccc54)n3)cc2)cc1. The Labute approximate surface area is 322 Å². The van der Waals surface area contributed by atoms with Crippen molar-refractivity contribution in [3.63, 3.8) is 0 Å². The molecule has 5 nitrogen and oxygen atoms in total. The molecule has 0 amide bonds. The number of furan rings is 1. The molecule has 0 aliphatic heterocycles. The van der Waals surface area contributed by atoms with Gasteiger partial charge >= 0.3 is 0 Å². The molecule has 0 fully saturated rings. The summed E-state index contributed by atoms with van der Waals surface area (Å²) >= 11 is 0. The van der Waals surface area contributed by atoms with Crippen molar-refractivity contribution in [1.29, 1.82) is 0 Å². The van der Waals surface area contributed by atoms with Crippen LogP contribution >= 0.6 is 0 Å². The van der Waals surface area contributed by atoms with Gasteiger partial charge in [0.15, 0.2) is 11.6 Å². The minimum Gasteiger partial charge on any atom is -0.455 e. The molecule has 0 spiro atoms. The van der Waals surface area contributed by atoms with Gasteiger partial charge in [0.2, 0.25) is 5.95 Å². The Balaban J connectivity index is 1.11. The Bertz CT molecular complexity index is 3180. The van der Waals surface area contributed by atoms with E-state index in [0.29, 0.717) is 17.6 Å². The summed E-state index contributed by atoms with van der Waals surface area (Å²) in [4.78, 5) is 15.6. The van der Waals surface area contributed by atoms with Gasteiger partial charge in [-0.1, -0.05) is 164 Å². The van der Waals surface area contributed by atoms with Gasteiger partial charge < -0.3 is 4.42 Å². The first-order chi connectivity index (χ1) is 27.8. The molecule has 0 aliphatic rings. The normalized spacial score (nSPS) is 11.6. The number of rotatable bonds is 6. The molecule has 0 bridgehead atoms. The highest BCUT2D eigenvalue weighted by molar-refractivity contribution is 6.16. The van der Waals surface area contributed by atoms with Crippen molar-refractivity contribution in [2.75, 3.05) is 0 Å². The summed E-state index contributed by atoms with van der Waals surface area (Å²) in [7, 11) is 0. The third kappa shape index (κ3) is 5.29. The van der Waals surface area contributed by atoms with E-state index in [-0.39, 0.29) is 0 Å². The molecule has 0 unspecified atom stereocenters. The van der Waals surface area contributed by atoms with Crippen molar-refractivity contribution in [2.45, 2.75) is 0 Å². The van der Waals surface area contributed by atoms with Crippen LogP contribution in [0.2, 0.25) is 0 Å². The fourth-order valence-corrected chi connectivity index (χ4v) is 8.04.